The Morgan fingerprint density at radius 3 is 2.66 bits per heavy atom. The van der Waals surface area contributed by atoms with E-state index in [4.69, 9.17) is 0 Å². The summed E-state index contributed by atoms with van der Waals surface area (Å²) in [4.78, 5) is 4.66. The third kappa shape index (κ3) is 2.77. The van der Waals surface area contributed by atoms with Crippen molar-refractivity contribution in [2.24, 2.45) is 5.92 Å². The van der Waals surface area contributed by atoms with Crippen molar-refractivity contribution >= 4 is 26.8 Å². The SMILES string of the molecule is CCC1CCCC1c1nnc2cnc3c(ccn3S(=O)(=O)c3ccc(C)cc3)n12. The Bertz CT molecular complexity index is 1300. The second-order valence-corrected chi connectivity index (χ2v) is 9.67. The molecule has 0 aliphatic heterocycles. The van der Waals surface area contributed by atoms with Crippen LogP contribution in [0.5, 0.6) is 0 Å². The zero-order valence-electron chi connectivity index (χ0n) is 16.5. The van der Waals surface area contributed by atoms with E-state index in [0.717, 1.165) is 29.7 Å². The third-order valence-electron chi connectivity index (χ3n) is 6.15. The van der Waals surface area contributed by atoms with Crippen LogP contribution in [-0.4, -0.2) is 32.0 Å². The smallest absolute Gasteiger partial charge is 0.269 e. The normalized spacial score (nSPS) is 20.1. The number of hydrogen-bond donors (Lipinski definition) is 0. The van der Waals surface area contributed by atoms with Crippen molar-refractivity contribution in [3.63, 3.8) is 0 Å². The predicted octanol–water partition coefficient (Wildman–Crippen LogP) is 3.92. The van der Waals surface area contributed by atoms with Gasteiger partial charge in [0.25, 0.3) is 10.0 Å². The fourth-order valence-corrected chi connectivity index (χ4v) is 5.87. The van der Waals surface area contributed by atoms with Gasteiger partial charge in [-0.15, -0.1) is 10.2 Å². The maximum absolute atomic E-state index is 13.2. The van der Waals surface area contributed by atoms with Gasteiger partial charge in [-0.2, -0.15) is 0 Å². The molecule has 0 saturated heterocycles. The van der Waals surface area contributed by atoms with Gasteiger partial charge in [0.2, 0.25) is 0 Å². The Morgan fingerprint density at radius 1 is 1.10 bits per heavy atom. The first-order chi connectivity index (χ1) is 14.0. The Labute approximate surface area is 169 Å². The molecular weight excluding hydrogens is 386 g/mol. The van der Waals surface area contributed by atoms with Gasteiger partial charge in [0, 0.05) is 12.1 Å². The highest BCUT2D eigenvalue weighted by atomic mass is 32.2. The lowest BCUT2D eigenvalue weighted by Crippen LogP contribution is -2.13. The average Bonchev–Trinajstić information content (AvgIpc) is 3.44. The zero-order chi connectivity index (χ0) is 20.2. The first kappa shape index (κ1) is 18.3. The number of aromatic nitrogens is 5. The molecule has 2 atom stereocenters. The van der Waals surface area contributed by atoms with E-state index in [1.54, 1.807) is 42.7 Å². The molecule has 0 radical (unpaired) electrons. The van der Waals surface area contributed by atoms with E-state index in [-0.39, 0.29) is 4.90 Å². The van der Waals surface area contributed by atoms with Gasteiger partial charge in [0.05, 0.1) is 16.6 Å². The second kappa shape index (κ2) is 6.66. The molecule has 4 aromatic rings. The van der Waals surface area contributed by atoms with Gasteiger partial charge in [0.15, 0.2) is 11.3 Å². The number of benzene rings is 1. The molecule has 1 aliphatic carbocycles. The van der Waals surface area contributed by atoms with Crippen molar-refractivity contribution in [1.82, 2.24) is 23.6 Å². The van der Waals surface area contributed by atoms with Gasteiger partial charge in [-0.3, -0.25) is 4.40 Å². The van der Waals surface area contributed by atoms with Crippen molar-refractivity contribution < 1.29 is 8.42 Å². The third-order valence-corrected chi connectivity index (χ3v) is 7.84. The molecule has 0 amide bonds. The van der Waals surface area contributed by atoms with Crippen LogP contribution in [0.4, 0.5) is 0 Å². The van der Waals surface area contributed by atoms with Crippen LogP contribution in [-0.2, 0) is 10.0 Å². The number of fused-ring (bicyclic) bond motifs is 3. The van der Waals surface area contributed by atoms with Crippen molar-refractivity contribution in [2.75, 3.05) is 0 Å². The average molecular weight is 410 g/mol. The van der Waals surface area contributed by atoms with Crippen LogP contribution in [0.15, 0.2) is 47.6 Å². The van der Waals surface area contributed by atoms with Crippen LogP contribution in [0.1, 0.15) is 49.9 Å². The van der Waals surface area contributed by atoms with Crippen LogP contribution in [0.2, 0.25) is 0 Å². The fourth-order valence-electron chi connectivity index (χ4n) is 4.58. The number of hydrogen-bond acceptors (Lipinski definition) is 5. The van der Waals surface area contributed by atoms with E-state index in [1.807, 2.05) is 11.3 Å². The minimum atomic E-state index is -3.74. The molecule has 1 aliphatic rings. The van der Waals surface area contributed by atoms with Gasteiger partial charge >= 0.3 is 0 Å². The van der Waals surface area contributed by atoms with Crippen LogP contribution in [0, 0.1) is 12.8 Å². The Hall–Kier alpha value is -2.74. The molecule has 29 heavy (non-hydrogen) atoms. The van der Waals surface area contributed by atoms with Crippen LogP contribution < -0.4 is 0 Å². The molecule has 0 spiro atoms. The predicted molar refractivity (Wildman–Crippen MR) is 110 cm³/mol. The lowest BCUT2D eigenvalue weighted by atomic mass is 9.93. The van der Waals surface area contributed by atoms with Gasteiger partial charge in [-0.1, -0.05) is 37.5 Å². The zero-order valence-corrected chi connectivity index (χ0v) is 17.3. The minimum absolute atomic E-state index is 0.244. The van der Waals surface area contributed by atoms with Gasteiger partial charge in [-0.05, 0) is 43.9 Å². The molecule has 3 aromatic heterocycles. The molecule has 1 aromatic carbocycles. The number of aryl methyl sites for hydroxylation is 1. The van der Waals surface area contributed by atoms with Crippen molar-refractivity contribution in [3.05, 3.63) is 54.1 Å². The monoisotopic (exact) mass is 409 g/mol. The summed E-state index contributed by atoms with van der Waals surface area (Å²) in [5.74, 6) is 1.85. The van der Waals surface area contributed by atoms with Crippen molar-refractivity contribution in [3.8, 4) is 0 Å². The summed E-state index contributed by atoms with van der Waals surface area (Å²) in [5.41, 5.74) is 2.78. The van der Waals surface area contributed by atoms with Crippen molar-refractivity contribution in [1.29, 1.82) is 0 Å². The lowest BCUT2D eigenvalue weighted by molar-refractivity contribution is 0.451. The van der Waals surface area contributed by atoms with Crippen LogP contribution in [0.3, 0.4) is 0 Å². The minimum Gasteiger partial charge on any atom is -0.274 e. The van der Waals surface area contributed by atoms with E-state index in [1.165, 1.54) is 16.8 Å². The summed E-state index contributed by atoms with van der Waals surface area (Å²) < 4.78 is 29.7. The number of rotatable bonds is 4. The molecule has 8 heteroatoms. The second-order valence-electron chi connectivity index (χ2n) is 7.85. The summed E-state index contributed by atoms with van der Waals surface area (Å²) in [6.45, 7) is 4.15. The molecule has 0 bridgehead atoms. The topological polar surface area (TPSA) is 82.2 Å². The van der Waals surface area contributed by atoms with E-state index < -0.39 is 10.0 Å². The quantitative estimate of drug-likeness (QED) is 0.510. The maximum Gasteiger partial charge on any atom is 0.269 e. The number of nitrogens with zero attached hydrogens (tertiary/aromatic N) is 5. The largest absolute Gasteiger partial charge is 0.274 e. The molecule has 150 valence electrons. The first-order valence-corrected chi connectivity index (χ1v) is 11.5. The standard InChI is InChI=1S/C21H23N5O2S/c1-3-15-5-4-6-17(15)20-24-23-19-13-22-21-18(26(19)20)11-12-25(21)29(27,28)16-9-7-14(2)8-10-16/h7-13,15,17H,3-6H2,1-2H3. The van der Waals surface area contributed by atoms with Crippen LogP contribution in [0.25, 0.3) is 16.8 Å². The molecule has 2 unspecified atom stereocenters. The highest BCUT2D eigenvalue weighted by Gasteiger charge is 2.32. The summed E-state index contributed by atoms with van der Waals surface area (Å²) in [6.07, 6.45) is 7.77. The van der Waals surface area contributed by atoms with Crippen molar-refractivity contribution in [2.45, 2.75) is 50.3 Å². The molecule has 0 N–H and O–H groups in total. The summed E-state index contributed by atoms with van der Waals surface area (Å²) in [5, 5.41) is 8.79. The summed E-state index contributed by atoms with van der Waals surface area (Å²) in [6, 6.07) is 8.65. The summed E-state index contributed by atoms with van der Waals surface area (Å²) in [7, 11) is -3.74. The van der Waals surface area contributed by atoms with Gasteiger partial charge in [-0.25, -0.2) is 17.4 Å². The molecule has 1 fully saturated rings. The molecule has 7 nitrogen and oxygen atoms in total. The first-order valence-electron chi connectivity index (χ1n) is 10.0. The molecule has 5 rings (SSSR count). The lowest BCUT2D eigenvalue weighted by Gasteiger charge is -2.16. The highest BCUT2D eigenvalue weighted by molar-refractivity contribution is 7.90. The van der Waals surface area contributed by atoms with E-state index in [9.17, 15) is 8.42 Å². The molecular formula is C21H23N5O2S. The van der Waals surface area contributed by atoms with Gasteiger partial charge in [0.1, 0.15) is 5.82 Å². The Morgan fingerprint density at radius 2 is 1.90 bits per heavy atom. The maximum atomic E-state index is 13.2. The Kier molecular flexibility index (Phi) is 4.20. The van der Waals surface area contributed by atoms with E-state index in [2.05, 4.69) is 22.1 Å². The highest BCUT2D eigenvalue weighted by Crippen LogP contribution is 2.41. The fraction of sp³-hybridized carbons (Fsp3) is 0.381. The van der Waals surface area contributed by atoms with Gasteiger partial charge < -0.3 is 0 Å². The van der Waals surface area contributed by atoms with Crippen LogP contribution >= 0.6 is 0 Å². The molecule has 3 heterocycles. The van der Waals surface area contributed by atoms with E-state index in [0.29, 0.717) is 23.1 Å². The summed E-state index contributed by atoms with van der Waals surface area (Å²) >= 11 is 0. The Balaban J connectivity index is 1.70. The molecule has 1 saturated carbocycles. The van der Waals surface area contributed by atoms with E-state index >= 15 is 0 Å².